The van der Waals surface area contributed by atoms with Gasteiger partial charge < -0.3 is 13.8 Å². The van der Waals surface area contributed by atoms with Crippen LogP contribution in [0.5, 0.6) is 0 Å². The fourth-order valence-corrected chi connectivity index (χ4v) is 2.69. The molecule has 23 heavy (non-hydrogen) atoms. The van der Waals surface area contributed by atoms with Gasteiger partial charge in [0.2, 0.25) is 5.91 Å². The van der Waals surface area contributed by atoms with Gasteiger partial charge in [0.25, 0.3) is 5.89 Å². The van der Waals surface area contributed by atoms with Gasteiger partial charge in [-0.15, -0.1) is 0 Å². The minimum atomic E-state index is -0.425. The maximum atomic E-state index is 13.9. The molecule has 116 valence electrons. The fourth-order valence-electron chi connectivity index (χ4n) is 2.69. The Kier molecular flexibility index (Phi) is 3.18. The van der Waals surface area contributed by atoms with Gasteiger partial charge in [0.15, 0.2) is 11.6 Å². The van der Waals surface area contributed by atoms with Crippen LogP contribution in [0.3, 0.4) is 0 Å². The van der Waals surface area contributed by atoms with E-state index in [9.17, 15) is 9.18 Å². The summed E-state index contributed by atoms with van der Waals surface area (Å²) < 4.78 is 24.2. The summed E-state index contributed by atoms with van der Waals surface area (Å²) in [7, 11) is 0. The SMILES string of the molecule is O=C1C[C@@H](c2noc(-c3ccco3)n2)CN1c1ccccc1F. The zero-order valence-electron chi connectivity index (χ0n) is 12.0. The number of amides is 1. The first-order valence-corrected chi connectivity index (χ1v) is 7.15. The number of nitrogens with zero attached hydrogens (tertiary/aromatic N) is 3. The molecule has 0 aliphatic carbocycles. The van der Waals surface area contributed by atoms with Crippen molar-refractivity contribution in [2.45, 2.75) is 12.3 Å². The van der Waals surface area contributed by atoms with Gasteiger partial charge in [0, 0.05) is 18.9 Å². The maximum Gasteiger partial charge on any atom is 0.293 e. The second-order valence-electron chi connectivity index (χ2n) is 5.29. The van der Waals surface area contributed by atoms with Gasteiger partial charge in [0.1, 0.15) is 5.82 Å². The summed E-state index contributed by atoms with van der Waals surface area (Å²) in [6, 6.07) is 9.63. The summed E-state index contributed by atoms with van der Waals surface area (Å²) in [6.07, 6.45) is 1.73. The predicted octanol–water partition coefficient (Wildman–Crippen LogP) is 2.99. The zero-order chi connectivity index (χ0) is 15.8. The number of furan rings is 1. The van der Waals surface area contributed by atoms with Crippen LogP contribution in [0.15, 0.2) is 51.6 Å². The number of hydrogen-bond donors (Lipinski definition) is 0. The second kappa shape index (κ2) is 5.35. The van der Waals surface area contributed by atoms with Crippen LogP contribution in [-0.4, -0.2) is 22.6 Å². The number of hydrogen-bond acceptors (Lipinski definition) is 5. The summed E-state index contributed by atoms with van der Waals surface area (Å²) in [6.45, 7) is 0.316. The number of halogens is 1. The highest BCUT2D eigenvalue weighted by atomic mass is 19.1. The first-order valence-electron chi connectivity index (χ1n) is 7.15. The molecule has 7 heteroatoms. The van der Waals surface area contributed by atoms with Crippen LogP contribution >= 0.6 is 0 Å². The van der Waals surface area contributed by atoms with Crippen molar-refractivity contribution in [3.8, 4) is 11.7 Å². The molecule has 3 aromatic rings. The average molecular weight is 313 g/mol. The Morgan fingerprint density at radius 3 is 2.87 bits per heavy atom. The van der Waals surface area contributed by atoms with E-state index in [0.29, 0.717) is 18.1 Å². The quantitative estimate of drug-likeness (QED) is 0.743. The zero-order valence-corrected chi connectivity index (χ0v) is 12.0. The van der Waals surface area contributed by atoms with E-state index in [1.807, 2.05) is 0 Å². The molecular weight excluding hydrogens is 301 g/mol. The van der Waals surface area contributed by atoms with Crippen LogP contribution in [0.2, 0.25) is 0 Å². The number of rotatable bonds is 3. The molecule has 0 spiro atoms. The Bertz CT molecular complexity index is 844. The molecule has 3 heterocycles. The third-order valence-electron chi connectivity index (χ3n) is 3.81. The lowest BCUT2D eigenvalue weighted by Gasteiger charge is -2.16. The lowest BCUT2D eigenvalue weighted by atomic mass is 10.1. The molecule has 0 unspecified atom stereocenters. The third-order valence-corrected chi connectivity index (χ3v) is 3.81. The minimum absolute atomic E-state index is 0.163. The highest BCUT2D eigenvalue weighted by Gasteiger charge is 2.35. The lowest BCUT2D eigenvalue weighted by Crippen LogP contribution is -2.25. The summed E-state index contributed by atoms with van der Waals surface area (Å²) in [5, 5.41) is 3.92. The van der Waals surface area contributed by atoms with Crippen molar-refractivity contribution in [1.29, 1.82) is 0 Å². The molecule has 1 atom stereocenters. The van der Waals surface area contributed by atoms with E-state index >= 15 is 0 Å². The smallest absolute Gasteiger partial charge is 0.293 e. The Hall–Kier alpha value is -2.96. The van der Waals surface area contributed by atoms with Crippen molar-refractivity contribution < 1.29 is 18.1 Å². The molecule has 0 saturated carbocycles. The molecule has 1 fully saturated rings. The summed E-state index contributed by atoms with van der Waals surface area (Å²) in [5.74, 6) is 0.328. The van der Waals surface area contributed by atoms with Gasteiger partial charge in [-0.1, -0.05) is 17.3 Å². The number of carbonyl (C=O) groups excluding carboxylic acids is 1. The van der Waals surface area contributed by atoms with Crippen molar-refractivity contribution in [2.24, 2.45) is 0 Å². The Morgan fingerprint density at radius 1 is 1.22 bits per heavy atom. The normalized spacial score (nSPS) is 17.9. The minimum Gasteiger partial charge on any atom is -0.459 e. The van der Waals surface area contributed by atoms with Crippen LogP contribution in [0, 0.1) is 5.82 Å². The van der Waals surface area contributed by atoms with E-state index in [1.54, 1.807) is 30.3 Å². The first-order chi connectivity index (χ1) is 11.2. The molecular formula is C16H12FN3O3. The van der Waals surface area contributed by atoms with Gasteiger partial charge in [-0.2, -0.15) is 4.98 Å². The lowest BCUT2D eigenvalue weighted by molar-refractivity contribution is -0.117. The molecule has 0 N–H and O–H groups in total. The monoisotopic (exact) mass is 313 g/mol. The van der Waals surface area contributed by atoms with Crippen LogP contribution in [0.25, 0.3) is 11.7 Å². The molecule has 4 rings (SSSR count). The maximum absolute atomic E-state index is 13.9. The van der Waals surface area contributed by atoms with E-state index in [-0.39, 0.29) is 29.8 Å². The van der Waals surface area contributed by atoms with E-state index < -0.39 is 5.82 Å². The first kappa shape index (κ1) is 13.7. The van der Waals surface area contributed by atoms with Gasteiger partial charge in [-0.25, -0.2) is 4.39 Å². The van der Waals surface area contributed by atoms with Crippen molar-refractivity contribution in [3.05, 3.63) is 54.3 Å². The molecule has 1 amide bonds. The molecule has 1 saturated heterocycles. The van der Waals surface area contributed by atoms with Crippen molar-refractivity contribution in [1.82, 2.24) is 10.1 Å². The van der Waals surface area contributed by atoms with Crippen molar-refractivity contribution in [2.75, 3.05) is 11.4 Å². The Morgan fingerprint density at radius 2 is 2.09 bits per heavy atom. The number of carbonyl (C=O) groups is 1. The second-order valence-corrected chi connectivity index (χ2v) is 5.29. The number of benzene rings is 1. The standard InChI is InChI=1S/C16H12FN3O3/c17-11-4-1-2-5-12(11)20-9-10(8-14(20)21)15-18-16(23-19-15)13-6-3-7-22-13/h1-7,10H,8-9H2/t10-/m1/s1. The Balaban J connectivity index is 1.58. The van der Waals surface area contributed by atoms with Crippen LogP contribution < -0.4 is 4.90 Å². The summed E-state index contributed by atoms with van der Waals surface area (Å²) >= 11 is 0. The van der Waals surface area contributed by atoms with E-state index in [2.05, 4.69) is 10.1 Å². The van der Waals surface area contributed by atoms with Crippen LogP contribution in [0.1, 0.15) is 18.2 Å². The van der Waals surface area contributed by atoms with Gasteiger partial charge in [-0.05, 0) is 24.3 Å². The molecule has 1 aliphatic heterocycles. The van der Waals surface area contributed by atoms with Crippen LogP contribution in [0.4, 0.5) is 10.1 Å². The van der Waals surface area contributed by atoms with E-state index in [4.69, 9.17) is 8.94 Å². The summed E-state index contributed by atoms with van der Waals surface area (Å²) in [4.78, 5) is 17.9. The van der Waals surface area contributed by atoms with Crippen molar-refractivity contribution >= 4 is 11.6 Å². The van der Waals surface area contributed by atoms with Crippen LogP contribution in [-0.2, 0) is 4.79 Å². The average Bonchev–Trinajstić information content (AvgIpc) is 3.27. The number of para-hydroxylation sites is 1. The summed E-state index contributed by atoms with van der Waals surface area (Å²) in [5.41, 5.74) is 0.273. The molecule has 1 aliphatic rings. The fraction of sp³-hybridized carbons (Fsp3) is 0.188. The molecule has 1 aromatic carbocycles. The number of anilines is 1. The topological polar surface area (TPSA) is 72.4 Å². The van der Waals surface area contributed by atoms with Gasteiger partial charge in [0.05, 0.1) is 12.0 Å². The van der Waals surface area contributed by atoms with Gasteiger partial charge >= 0.3 is 0 Å². The van der Waals surface area contributed by atoms with E-state index in [1.165, 1.54) is 17.2 Å². The molecule has 0 radical (unpaired) electrons. The number of aromatic nitrogens is 2. The predicted molar refractivity (Wildman–Crippen MR) is 78.1 cm³/mol. The highest BCUT2D eigenvalue weighted by Crippen LogP contribution is 2.32. The Labute approximate surface area is 130 Å². The largest absolute Gasteiger partial charge is 0.459 e. The molecule has 6 nitrogen and oxygen atoms in total. The molecule has 0 bridgehead atoms. The van der Waals surface area contributed by atoms with Gasteiger partial charge in [-0.3, -0.25) is 4.79 Å². The van der Waals surface area contributed by atoms with E-state index in [0.717, 1.165) is 0 Å². The third kappa shape index (κ3) is 2.40. The highest BCUT2D eigenvalue weighted by molar-refractivity contribution is 5.96. The molecule has 2 aromatic heterocycles. The van der Waals surface area contributed by atoms with Crippen molar-refractivity contribution in [3.63, 3.8) is 0 Å².